The number of hydrogen-bond donors (Lipinski definition) is 2. The third-order valence-electron chi connectivity index (χ3n) is 1.84. The zero-order valence-corrected chi connectivity index (χ0v) is 8.05. The van der Waals surface area contributed by atoms with Crippen molar-refractivity contribution in [2.45, 2.75) is 0 Å². The Kier molecular flexibility index (Phi) is 3.29. The van der Waals surface area contributed by atoms with Crippen LogP contribution in [0.1, 0.15) is 5.56 Å². The molecule has 0 saturated heterocycles. The highest BCUT2D eigenvalue weighted by Crippen LogP contribution is 2.17. The largest absolute Gasteiger partial charge is 0.386 e. The second-order valence-corrected chi connectivity index (χ2v) is 2.85. The smallest absolute Gasteiger partial charge is 0.131 e. The van der Waals surface area contributed by atoms with Crippen LogP contribution in [-0.2, 0) is 0 Å². The third-order valence-corrected chi connectivity index (χ3v) is 1.84. The molecule has 0 fully saturated rings. The zero-order chi connectivity index (χ0) is 10.6. The maximum absolute atomic E-state index is 13.2. The van der Waals surface area contributed by atoms with Crippen LogP contribution in [0.4, 0.5) is 4.39 Å². The normalized spacial score (nSPS) is 11.1. The van der Waals surface area contributed by atoms with E-state index in [0.29, 0.717) is 17.0 Å². The summed E-state index contributed by atoms with van der Waals surface area (Å²) in [4.78, 5) is 0. The summed E-state index contributed by atoms with van der Waals surface area (Å²) in [7, 11) is 1.69. The molecule has 0 bridgehead atoms. The molecule has 3 heteroatoms. The highest BCUT2D eigenvalue weighted by atomic mass is 19.1. The third kappa shape index (κ3) is 2.36. The van der Waals surface area contributed by atoms with Crippen LogP contribution in [0.2, 0.25) is 0 Å². The molecular weight excluding hydrogens is 179 g/mol. The van der Waals surface area contributed by atoms with Gasteiger partial charge in [0, 0.05) is 12.6 Å². The SMILES string of the molecule is C=C(/C=C(/N)NC)c1ccccc1F. The van der Waals surface area contributed by atoms with E-state index < -0.39 is 0 Å². The lowest BCUT2D eigenvalue weighted by Crippen LogP contribution is -2.14. The van der Waals surface area contributed by atoms with Gasteiger partial charge in [-0.25, -0.2) is 4.39 Å². The molecule has 0 heterocycles. The van der Waals surface area contributed by atoms with E-state index in [1.807, 2.05) is 0 Å². The minimum Gasteiger partial charge on any atom is -0.386 e. The van der Waals surface area contributed by atoms with E-state index in [-0.39, 0.29) is 5.82 Å². The van der Waals surface area contributed by atoms with Crippen LogP contribution in [0, 0.1) is 5.82 Å². The monoisotopic (exact) mass is 192 g/mol. The molecule has 0 spiro atoms. The molecule has 2 nitrogen and oxygen atoms in total. The molecule has 3 N–H and O–H groups in total. The standard InChI is InChI=1S/C11H13FN2/c1-8(7-11(13)14-2)9-5-3-4-6-10(9)12/h3-7,14H,1,13H2,2H3/b11-7-. The molecule has 14 heavy (non-hydrogen) atoms. The topological polar surface area (TPSA) is 38.0 Å². The van der Waals surface area contributed by atoms with E-state index >= 15 is 0 Å². The second kappa shape index (κ2) is 4.46. The van der Waals surface area contributed by atoms with Crippen molar-refractivity contribution in [2.24, 2.45) is 5.73 Å². The molecule has 1 rings (SSSR count). The highest BCUT2D eigenvalue weighted by Gasteiger charge is 2.02. The molecule has 0 aromatic heterocycles. The van der Waals surface area contributed by atoms with Crippen molar-refractivity contribution < 1.29 is 4.39 Å². The lowest BCUT2D eigenvalue weighted by Gasteiger charge is -2.04. The Morgan fingerprint density at radius 2 is 2.14 bits per heavy atom. The number of allylic oxidation sites excluding steroid dienone is 2. The Labute approximate surface area is 82.9 Å². The first-order valence-electron chi connectivity index (χ1n) is 4.24. The summed E-state index contributed by atoms with van der Waals surface area (Å²) in [6, 6.07) is 6.45. The van der Waals surface area contributed by atoms with Crippen LogP contribution in [-0.4, -0.2) is 7.05 Å². The highest BCUT2D eigenvalue weighted by molar-refractivity contribution is 5.72. The van der Waals surface area contributed by atoms with Gasteiger partial charge in [-0.05, 0) is 17.7 Å². The zero-order valence-electron chi connectivity index (χ0n) is 8.05. The first-order chi connectivity index (χ1) is 6.65. The summed E-state index contributed by atoms with van der Waals surface area (Å²) >= 11 is 0. The summed E-state index contributed by atoms with van der Waals surface area (Å²) in [5.41, 5.74) is 6.54. The number of halogens is 1. The minimum atomic E-state index is -0.294. The van der Waals surface area contributed by atoms with Crippen molar-refractivity contribution >= 4 is 5.57 Å². The molecule has 0 saturated carbocycles. The molecule has 0 atom stereocenters. The molecular formula is C11H13FN2. The van der Waals surface area contributed by atoms with Crippen molar-refractivity contribution in [3.05, 3.63) is 54.1 Å². The van der Waals surface area contributed by atoms with Gasteiger partial charge in [0.05, 0.1) is 5.82 Å². The minimum absolute atomic E-state index is 0.294. The van der Waals surface area contributed by atoms with Gasteiger partial charge in [-0.1, -0.05) is 24.8 Å². The quantitative estimate of drug-likeness (QED) is 0.717. The van der Waals surface area contributed by atoms with Gasteiger partial charge in [-0.15, -0.1) is 0 Å². The summed E-state index contributed by atoms with van der Waals surface area (Å²) in [5.74, 6) is 0.163. The molecule has 1 aromatic rings. The van der Waals surface area contributed by atoms with Crippen LogP contribution in [0.5, 0.6) is 0 Å². The van der Waals surface area contributed by atoms with Crippen LogP contribution in [0.15, 0.2) is 42.7 Å². The Balaban J connectivity index is 2.96. The first-order valence-corrected chi connectivity index (χ1v) is 4.24. The van der Waals surface area contributed by atoms with Gasteiger partial charge >= 0.3 is 0 Å². The van der Waals surface area contributed by atoms with Crippen molar-refractivity contribution in [3.8, 4) is 0 Å². The molecule has 0 aliphatic rings. The van der Waals surface area contributed by atoms with Crippen LogP contribution in [0.25, 0.3) is 5.57 Å². The van der Waals surface area contributed by atoms with E-state index in [1.165, 1.54) is 6.07 Å². The molecule has 0 amide bonds. The van der Waals surface area contributed by atoms with Gasteiger partial charge in [0.25, 0.3) is 0 Å². The van der Waals surface area contributed by atoms with Gasteiger partial charge in [-0.2, -0.15) is 0 Å². The van der Waals surface area contributed by atoms with Crippen molar-refractivity contribution in [1.82, 2.24) is 5.32 Å². The van der Waals surface area contributed by atoms with E-state index in [1.54, 1.807) is 31.3 Å². The van der Waals surface area contributed by atoms with Gasteiger partial charge in [0.15, 0.2) is 0 Å². The van der Waals surface area contributed by atoms with E-state index in [0.717, 1.165) is 0 Å². The second-order valence-electron chi connectivity index (χ2n) is 2.85. The molecule has 0 aliphatic heterocycles. The number of nitrogens with one attached hydrogen (secondary N) is 1. The Morgan fingerprint density at radius 3 is 2.71 bits per heavy atom. The fourth-order valence-electron chi connectivity index (χ4n) is 1.06. The predicted molar refractivity (Wildman–Crippen MR) is 56.8 cm³/mol. The molecule has 0 aliphatic carbocycles. The Hall–Kier alpha value is -1.77. The fraction of sp³-hybridized carbons (Fsp3) is 0.0909. The lowest BCUT2D eigenvalue weighted by atomic mass is 10.1. The molecule has 0 unspecified atom stereocenters. The van der Waals surface area contributed by atoms with Gasteiger partial charge in [0.1, 0.15) is 5.82 Å². The lowest BCUT2D eigenvalue weighted by molar-refractivity contribution is 0.624. The van der Waals surface area contributed by atoms with E-state index in [2.05, 4.69) is 11.9 Å². The maximum Gasteiger partial charge on any atom is 0.131 e. The summed E-state index contributed by atoms with van der Waals surface area (Å²) in [6.45, 7) is 3.74. The van der Waals surface area contributed by atoms with Crippen LogP contribution in [0.3, 0.4) is 0 Å². The molecule has 74 valence electrons. The average molecular weight is 192 g/mol. The number of hydrogen-bond acceptors (Lipinski definition) is 2. The summed E-state index contributed by atoms with van der Waals surface area (Å²) in [6.07, 6.45) is 1.60. The average Bonchev–Trinajstić information content (AvgIpc) is 2.18. The van der Waals surface area contributed by atoms with Gasteiger partial charge < -0.3 is 11.1 Å². The van der Waals surface area contributed by atoms with Crippen molar-refractivity contribution in [1.29, 1.82) is 0 Å². The van der Waals surface area contributed by atoms with Gasteiger partial charge in [-0.3, -0.25) is 0 Å². The van der Waals surface area contributed by atoms with Crippen molar-refractivity contribution in [3.63, 3.8) is 0 Å². The predicted octanol–water partition coefficient (Wildman–Crippen LogP) is 1.86. The van der Waals surface area contributed by atoms with Crippen LogP contribution < -0.4 is 11.1 Å². The molecule has 1 aromatic carbocycles. The number of rotatable bonds is 3. The summed E-state index contributed by atoms with van der Waals surface area (Å²) < 4.78 is 13.2. The number of benzene rings is 1. The summed E-state index contributed by atoms with van der Waals surface area (Å²) in [5, 5.41) is 2.74. The number of nitrogens with two attached hydrogens (primary N) is 1. The Bertz CT molecular complexity index is 369. The van der Waals surface area contributed by atoms with E-state index in [9.17, 15) is 4.39 Å². The Morgan fingerprint density at radius 1 is 1.50 bits per heavy atom. The fourth-order valence-corrected chi connectivity index (χ4v) is 1.06. The molecule has 0 radical (unpaired) electrons. The van der Waals surface area contributed by atoms with Crippen LogP contribution >= 0.6 is 0 Å². The van der Waals surface area contributed by atoms with Gasteiger partial charge in [0.2, 0.25) is 0 Å². The van der Waals surface area contributed by atoms with Crippen molar-refractivity contribution in [2.75, 3.05) is 7.05 Å². The maximum atomic E-state index is 13.2. The van der Waals surface area contributed by atoms with E-state index in [4.69, 9.17) is 5.73 Å². The first kappa shape index (κ1) is 10.3.